The molecule has 27 heavy (non-hydrogen) atoms. The van der Waals surface area contributed by atoms with Crippen LogP contribution in [0.3, 0.4) is 0 Å². The number of esters is 1. The first-order chi connectivity index (χ1) is 12.6. The zero-order valence-electron chi connectivity index (χ0n) is 17.0. The summed E-state index contributed by atoms with van der Waals surface area (Å²) < 4.78 is 11.6. The van der Waals surface area contributed by atoms with Crippen LogP contribution >= 0.6 is 0 Å². The monoisotopic (exact) mass is 366 g/mol. The van der Waals surface area contributed by atoms with Crippen molar-refractivity contribution in [2.45, 2.75) is 58.7 Å². The van der Waals surface area contributed by atoms with Crippen LogP contribution in [0.15, 0.2) is 61.2 Å². The Labute approximate surface area is 163 Å². The molecule has 2 aromatic carbocycles. The Morgan fingerprint density at radius 2 is 1.44 bits per heavy atom. The summed E-state index contributed by atoms with van der Waals surface area (Å²) in [6, 6.07) is 16.7. The lowest BCUT2D eigenvalue weighted by molar-refractivity contribution is -0.154. The summed E-state index contributed by atoms with van der Waals surface area (Å²) in [6.45, 7) is 13.3. The second-order valence-corrected chi connectivity index (χ2v) is 8.00. The summed E-state index contributed by atoms with van der Waals surface area (Å²) in [7, 11) is 0. The number of ether oxygens (including phenoxy) is 2. The normalized spacial score (nSPS) is 11.7. The van der Waals surface area contributed by atoms with E-state index in [1.54, 1.807) is 0 Å². The standard InChI is InChI=1S/C24H30O3/c1-7-18-9-11-19(12-10-18)20-13-15-21(16-14-20)26-23(3,4)17-24(5,6)27-22(25)8-2/h8-16H,2,7,17H2,1,3-6H3. The van der Waals surface area contributed by atoms with E-state index in [1.807, 2.05) is 39.8 Å². The molecule has 0 aliphatic rings. The predicted octanol–water partition coefficient (Wildman–Crippen LogP) is 5.97. The van der Waals surface area contributed by atoms with Gasteiger partial charge in [0.1, 0.15) is 17.0 Å². The van der Waals surface area contributed by atoms with Crippen LogP contribution in [-0.4, -0.2) is 17.2 Å². The molecule has 0 aliphatic carbocycles. The van der Waals surface area contributed by atoms with E-state index in [-0.39, 0.29) is 0 Å². The highest BCUT2D eigenvalue weighted by atomic mass is 16.6. The van der Waals surface area contributed by atoms with Crippen LogP contribution in [0.4, 0.5) is 0 Å². The zero-order chi connectivity index (χ0) is 20.1. The molecule has 0 amide bonds. The van der Waals surface area contributed by atoms with Crippen molar-refractivity contribution < 1.29 is 14.3 Å². The van der Waals surface area contributed by atoms with Gasteiger partial charge in [0.15, 0.2) is 0 Å². The van der Waals surface area contributed by atoms with E-state index in [0.29, 0.717) is 6.42 Å². The molecule has 0 radical (unpaired) electrons. The maximum absolute atomic E-state index is 11.5. The molecule has 0 unspecified atom stereocenters. The van der Waals surface area contributed by atoms with Gasteiger partial charge in [0, 0.05) is 12.5 Å². The topological polar surface area (TPSA) is 35.5 Å². The van der Waals surface area contributed by atoms with Crippen LogP contribution in [-0.2, 0) is 16.0 Å². The molecule has 0 spiro atoms. The van der Waals surface area contributed by atoms with Crippen molar-refractivity contribution in [2.24, 2.45) is 0 Å². The molecule has 0 bridgehead atoms. The van der Waals surface area contributed by atoms with Gasteiger partial charge in [-0.25, -0.2) is 4.79 Å². The zero-order valence-corrected chi connectivity index (χ0v) is 17.0. The number of carbonyl (C=O) groups is 1. The molecule has 0 aromatic heterocycles. The molecule has 0 atom stereocenters. The fraction of sp³-hybridized carbons (Fsp3) is 0.375. The van der Waals surface area contributed by atoms with Crippen molar-refractivity contribution in [3.05, 3.63) is 66.7 Å². The average Bonchev–Trinajstić information content (AvgIpc) is 2.60. The molecule has 0 saturated heterocycles. The second-order valence-electron chi connectivity index (χ2n) is 8.00. The Hall–Kier alpha value is -2.55. The van der Waals surface area contributed by atoms with Crippen molar-refractivity contribution in [1.82, 2.24) is 0 Å². The summed E-state index contributed by atoms with van der Waals surface area (Å²) in [5.74, 6) is 0.369. The lowest BCUT2D eigenvalue weighted by Gasteiger charge is -2.34. The maximum Gasteiger partial charge on any atom is 0.330 e. The van der Waals surface area contributed by atoms with Gasteiger partial charge in [0.05, 0.1) is 0 Å². The van der Waals surface area contributed by atoms with Crippen molar-refractivity contribution in [3.8, 4) is 16.9 Å². The number of benzene rings is 2. The van der Waals surface area contributed by atoms with E-state index in [2.05, 4.69) is 49.9 Å². The minimum absolute atomic E-state index is 0.422. The molecule has 0 saturated carbocycles. The Kier molecular flexibility index (Phi) is 6.48. The van der Waals surface area contributed by atoms with Crippen LogP contribution in [0, 0.1) is 0 Å². The van der Waals surface area contributed by atoms with E-state index < -0.39 is 17.2 Å². The molecule has 3 heteroatoms. The summed E-state index contributed by atoms with van der Waals surface area (Å²) in [6.07, 6.45) is 2.78. The van der Waals surface area contributed by atoms with Gasteiger partial charge in [0.2, 0.25) is 0 Å². The van der Waals surface area contributed by atoms with E-state index in [0.717, 1.165) is 17.7 Å². The van der Waals surface area contributed by atoms with Gasteiger partial charge in [-0.15, -0.1) is 0 Å². The molecule has 0 aliphatic heterocycles. The molecule has 0 fully saturated rings. The quantitative estimate of drug-likeness (QED) is 0.426. The first kappa shape index (κ1) is 20.8. The van der Waals surface area contributed by atoms with Crippen molar-refractivity contribution in [2.75, 3.05) is 0 Å². The van der Waals surface area contributed by atoms with E-state index in [9.17, 15) is 4.79 Å². The highest BCUT2D eigenvalue weighted by Crippen LogP contribution is 2.30. The molecule has 144 valence electrons. The van der Waals surface area contributed by atoms with E-state index in [4.69, 9.17) is 9.47 Å². The summed E-state index contributed by atoms with van der Waals surface area (Å²) in [4.78, 5) is 11.5. The van der Waals surface area contributed by atoms with Gasteiger partial charge in [-0.1, -0.05) is 49.9 Å². The first-order valence-electron chi connectivity index (χ1n) is 9.38. The van der Waals surface area contributed by atoms with Crippen LogP contribution in [0.2, 0.25) is 0 Å². The minimum Gasteiger partial charge on any atom is -0.488 e. The molecule has 0 heterocycles. The largest absolute Gasteiger partial charge is 0.488 e. The number of rotatable bonds is 8. The van der Waals surface area contributed by atoms with Gasteiger partial charge in [0.25, 0.3) is 0 Å². The lowest BCUT2D eigenvalue weighted by Crippen LogP contribution is -2.40. The van der Waals surface area contributed by atoms with Gasteiger partial charge in [-0.2, -0.15) is 0 Å². The van der Waals surface area contributed by atoms with Gasteiger partial charge in [-0.3, -0.25) is 0 Å². The van der Waals surface area contributed by atoms with E-state index in [1.165, 1.54) is 17.2 Å². The van der Waals surface area contributed by atoms with Crippen LogP contribution in [0.1, 0.15) is 46.6 Å². The lowest BCUT2D eigenvalue weighted by atomic mass is 9.92. The molecule has 0 N–H and O–H groups in total. The third-order valence-electron chi connectivity index (χ3n) is 4.34. The third-order valence-corrected chi connectivity index (χ3v) is 4.34. The molecular weight excluding hydrogens is 336 g/mol. The predicted molar refractivity (Wildman–Crippen MR) is 111 cm³/mol. The highest BCUT2D eigenvalue weighted by Gasteiger charge is 2.33. The van der Waals surface area contributed by atoms with Gasteiger partial charge < -0.3 is 9.47 Å². The first-order valence-corrected chi connectivity index (χ1v) is 9.38. The molecular formula is C24H30O3. The van der Waals surface area contributed by atoms with Crippen molar-refractivity contribution >= 4 is 5.97 Å². The molecule has 2 rings (SSSR count). The van der Waals surface area contributed by atoms with Crippen LogP contribution < -0.4 is 4.74 Å². The second kappa shape index (κ2) is 8.43. The highest BCUT2D eigenvalue weighted by molar-refractivity contribution is 5.81. The average molecular weight is 367 g/mol. The smallest absolute Gasteiger partial charge is 0.330 e. The third kappa shape index (κ3) is 6.28. The summed E-state index contributed by atoms with van der Waals surface area (Å²) in [5.41, 5.74) is 2.55. The minimum atomic E-state index is -0.643. The van der Waals surface area contributed by atoms with E-state index >= 15 is 0 Å². The maximum atomic E-state index is 11.5. The van der Waals surface area contributed by atoms with Crippen molar-refractivity contribution in [3.63, 3.8) is 0 Å². The Morgan fingerprint density at radius 3 is 1.93 bits per heavy atom. The van der Waals surface area contributed by atoms with Gasteiger partial charge >= 0.3 is 5.97 Å². The van der Waals surface area contributed by atoms with Gasteiger partial charge in [-0.05, 0) is 62.9 Å². The fourth-order valence-electron chi connectivity index (χ4n) is 3.38. The molecule has 3 nitrogen and oxygen atoms in total. The Bertz CT molecular complexity index is 768. The summed E-state index contributed by atoms with van der Waals surface area (Å²) in [5, 5.41) is 0. The van der Waals surface area contributed by atoms with Crippen molar-refractivity contribution in [1.29, 1.82) is 0 Å². The fourth-order valence-corrected chi connectivity index (χ4v) is 3.38. The van der Waals surface area contributed by atoms with Crippen LogP contribution in [0.5, 0.6) is 5.75 Å². The number of aryl methyl sites for hydroxylation is 1. The summed E-state index contributed by atoms with van der Waals surface area (Å²) >= 11 is 0. The van der Waals surface area contributed by atoms with Crippen LogP contribution in [0.25, 0.3) is 11.1 Å². The number of hydrogen-bond donors (Lipinski definition) is 0. The Balaban J connectivity index is 2.05. The number of hydrogen-bond acceptors (Lipinski definition) is 3. The Morgan fingerprint density at radius 1 is 0.926 bits per heavy atom. The number of carbonyl (C=O) groups excluding carboxylic acids is 1. The SMILES string of the molecule is C=CC(=O)OC(C)(C)CC(C)(C)Oc1ccc(-c2ccc(CC)cc2)cc1. The molecule has 2 aromatic rings.